The van der Waals surface area contributed by atoms with Crippen LogP contribution in [0.1, 0.15) is 29.8 Å². The van der Waals surface area contributed by atoms with Crippen molar-refractivity contribution in [2.24, 2.45) is 0 Å². The molecule has 7 nitrogen and oxygen atoms in total. The number of nitriles is 1. The molecule has 2 aromatic carbocycles. The van der Waals surface area contributed by atoms with Gasteiger partial charge in [-0.2, -0.15) is 5.26 Å². The highest BCUT2D eigenvalue weighted by atomic mass is 35.5. The van der Waals surface area contributed by atoms with Crippen LogP contribution in [0.3, 0.4) is 0 Å². The summed E-state index contributed by atoms with van der Waals surface area (Å²) in [6, 6.07) is 11.2. The van der Waals surface area contributed by atoms with Crippen molar-refractivity contribution in [1.29, 1.82) is 5.26 Å². The Hall–Kier alpha value is -3.50. The molecule has 0 unspecified atom stereocenters. The summed E-state index contributed by atoms with van der Waals surface area (Å²) in [5.74, 6) is -0.272. The van der Waals surface area contributed by atoms with Crippen LogP contribution in [0.25, 0.3) is 6.08 Å². The highest BCUT2D eigenvalue weighted by molar-refractivity contribution is 6.32. The summed E-state index contributed by atoms with van der Waals surface area (Å²) < 4.78 is 15.7. The molecule has 0 aliphatic heterocycles. The Labute approximate surface area is 179 Å². The van der Waals surface area contributed by atoms with E-state index in [1.807, 2.05) is 13.0 Å². The lowest BCUT2D eigenvalue weighted by molar-refractivity contribution is -0.112. The second-order valence-electron chi connectivity index (χ2n) is 5.89. The van der Waals surface area contributed by atoms with E-state index in [2.05, 4.69) is 5.32 Å². The molecular weight excluding hydrogens is 408 g/mol. The lowest BCUT2D eigenvalue weighted by Crippen LogP contribution is -2.13. The maximum absolute atomic E-state index is 12.5. The van der Waals surface area contributed by atoms with E-state index in [1.165, 1.54) is 25.3 Å². The van der Waals surface area contributed by atoms with Gasteiger partial charge in [-0.15, -0.1) is 0 Å². The molecule has 0 radical (unpaired) electrons. The van der Waals surface area contributed by atoms with E-state index in [4.69, 9.17) is 25.8 Å². The van der Waals surface area contributed by atoms with Gasteiger partial charge in [0.05, 0.1) is 30.9 Å². The monoisotopic (exact) mass is 428 g/mol. The Morgan fingerprint density at radius 1 is 1.17 bits per heavy atom. The number of ether oxygens (including phenoxy) is 3. The third-order valence-corrected chi connectivity index (χ3v) is 4.15. The molecule has 0 aliphatic carbocycles. The Morgan fingerprint density at radius 2 is 1.87 bits per heavy atom. The first-order valence-electron chi connectivity index (χ1n) is 9.14. The Bertz CT molecular complexity index is 994. The van der Waals surface area contributed by atoms with Crippen LogP contribution in [-0.4, -0.2) is 32.2 Å². The lowest BCUT2D eigenvalue weighted by Gasteiger charge is -2.12. The van der Waals surface area contributed by atoms with Crippen LogP contribution in [0.5, 0.6) is 11.5 Å². The average molecular weight is 429 g/mol. The van der Waals surface area contributed by atoms with Gasteiger partial charge in [0.15, 0.2) is 11.5 Å². The number of carbonyl (C=O) groups is 2. The van der Waals surface area contributed by atoms with E-state index in [-0.39, 0.29) is 12.2 Å². The molecule has 0 saturated carbocycles. The van der Waals surface area contributed by atoms with Crippen molar-refractivity contribution in [3.8, 4) is 17.6 Å². The standard InChI is InChI=1S/C22H21ClN2O5/c1-4-29-20-18(23)11-14(12-19(20)28-3)10-16(13-24)21(26)25-17-8-6-15(7-9-17)22(27)30-5-2/h6-12H,4-5H2,1-3H3,(H,25,26)/b16-10+. The van der Waals surface area contributed by atoms with Gasteiger partial charge in [0.25, 0.3) is 5.91 Å². The third kappa shape index (κ3) is 5.75. The van der Waals surface area contributed by atoms with Gasteiger partial charge in [0.1, 0.15) is 11.6 Å². The number of benzene rings is 2. The fourth-order valence-electron chi connectivity index (χ4n) is 2.53. The lowest BCUT2D eigenvalue weighted by atomic mass is 10.1. The quantitative estimate of drug-likeness (QED) is 0.378. The van der Waals surface area contributed by atoms with E-state index < -0.39 is 11.9 Å². The molecule has 0 heterocycles. The first-order valence-corrected chi connectivity index (χ1v) is 9.51. The zero-order valence-corrected chi connectivity index (χ0v) is 17.6. The number of methoxy groups -OCH3 is 1. The van der Waals surface area contributed by atoms with E-state index in [1.54, 1.807) is 31.2 Å². The SMILES string of the molecule is CCOC(=O)c1ccc(NC(=O)/C(C#N)=C/c2cc(Cl)c(OCC)c(OC)c2)cc1. The van der Waals surface area contributed by atoms with Gasteiger partial charge in [-0.1, -0.05) is 11.6 Å². The van der Waals surface area contributed by atoms with Crippen LogP contribution >= 0.6 is 11.6 Å². The molecule has 2 aromatic rings. The summed E-state index contributed by atoms with van der Waals surface area (Å²) in [5, 5.41) is 12.3. The van der Waals surface area contributed by atoms with Crippen LogP contribution in [0, 0.1) is 11.3 Å². The molecule has 8 heteroatoms. The summed E-state index contributed by atoms with van der Waals surface area (Å²) in [5.41, 5.74) is 1.16. The Morgan fingerprint density at radius 3 is 2.43 bits per heavy atom. The zero-order chi connectivity index (χ0) is 22.1. The highest BCUT2D eigenvalue weighted by Crippen LogP contribution is 2.37. The van der Waals surface area contributed by atoms with Crippen molar-refractivity contribution in [3.05, 3.63) is 58.1 Å². The van der Waals surface area contributed by atoms with Gasteiger partial charge < -0.3 is 19.5 Å². The number of nitrogens with zero attached hydrogens (tertiary/aromatic N) is 1. The summed E-state index contributed by atoms with van der Waals surface area (Å²) in [6.45, 7) is 4.22. The van der Waals surface area contributed by atoms with Gasteiger partial charge in [-0.3, -0.25) is 4.79 Å². The number of hydrogen-bond acceptors (Lipinski definition) is 6. The number of halogens is 1. The van der Waals surface area contributed by atoms with E-state index in [9.17, 15) is 14.9 Å². The summed E-state index contributed by atoms with van der Waals surface area (Å²) in [6.07, 6.45) is 1.40. The summed E-state index contributed by atoms with van der Waals surface area (Å²) in [4.78, 5) is 24.2. The maximum Gasteiger partial charge on any atom is 0.338 e. The smallest absolute Gasteiger partial charge is 0.338 e. The normalized spacial score (nSPS) is 10.7. The van der Waals surface area contributed by atoms with E-state index >= 15 is 0 Å². The molecule has 156 valence electrons. The molecule has 1 amide bonds. The zero-order valence-electron chi connectivity index (χ0n) is 16.8. The fraction of sp³-hybridized carbons (Fsp3) is 0.227. The Kier molecular flexibility index (Phi) is 8.27. The number of anilines is 1. The molecule has 0 bridgehead atoms. The van der Waals surface area contributed by atoms with Crippen LogP contribution in [0.4, 0.5) is 5.69 Å². The number of amides is 1. The molecule has 0 saturated heterocycles. The van der Waals surface area contributed by atoms with Crippen molar-refractivity contribution in [3.63, 3.8) is 0 Å². The minimum Gasteiger partial charge on any atom is -0.493 e. The first-order chi connectivity index (χ1) is 14.4. The molecular formula is C22H21ClN2O5. The fourth-order valence-corrected chi connectivity index (χ4v) is 2.80. The van der Waals surface area contributed by atoms with Crippen molar-refractivity contribution < 1.29 is 23.8 Å². The van der Waals surface area contributed by atoms with Gasteiger partial charge in [0.2, 0.25) is 0 Å². The minimum atomic E-state index is -0.606. The number of rotatable bonds is 8. The largest absolute Gasteiger partial charge is 0.493 e. The molecule has 1 N–H and O–H groups in total. The molecule has 0 spiro atoms. The van der Waals surface area contributed by atoms with Crippen LogP contribution in [-0.2, 0) is 9.53 Å². The highest BCUT2D eigenvalue weighted by Gasteiger charge is 2.14. The average Bonchev–Trinajstić information content (AvgIpc) is 2.74. The van der Waals surface area contributed by atoms with E-state index in [0.29, 0.717) is 39.9 Å². The number of nitrogens with one attached hydrogen (secondary N) is 1. The van der Waals surface area contributed by atoms with Crippen LogP contribution in [0.2, 0.25) is 5.02 Å². The summed E-state index contributed by atoms with van der Waals surface area (Å²) >= 11 is 6.24. The molecule has 30 heavy (non-hydrogen) atoms. The Balaban J connectivity index is 2.22. The summed E-state index contributed by atoms with van der Waals surface area (Å²) in [7, 11) is 1.47. The maximum atomic E-state index is 12.5. The number of esters is 1. The van der Waals surface area contributed by atoms with Crippen molar-refractivity contribution in [2.75, 3.05) is 25.6 Å². The van der Waals surface area contributed by atoms with E-state index in [0.717, 1.165) is 0 Å². The predicted octanol–water partition coefficient (Wildman–Crippen LogP) is 4.47. The molecule has 0 aliphatic rings. The van der Waals surface area contributed by atoms with Crippen molar-refractivity contribution in [1.82, 2.24) is 0 Å². The number of carbonyl (C=O) groups excluding carboxylic acids is 2. The number of hydrogen-bond donors (Lipinski definition) is 1. The molecule has 0 atom stereocenters. The molecule has 0 aromatic heterocycles. The second kappa shape index (κ2) is 10.9. The van der Waals surface area contributed by atoms with Gasteiger partial charge in [0, 0.05) is 5.69 Å². The molecule has 0 fully saturated rings. The van der Waals surface area contributed by atoms with Crippen molar-refractivity contribution in [2.45, 2.75) is 13.8 Å². The van der Waals surface area contributed by atoms with Gasteiger partial charge in [-0.25, -0.2) is 4.79 Å². The predicted molar refractivity (Wildman–Crippen MR) is 114 cm³/mol. The molecule has 2 rings (SSSR count). The topological polar surface area (TPSA) is 97.7 Å². The van der Waals surface area contributed by atoms with Gasteiger partial charge >= 0.3 is 5.97 Å². The van der Waals surface area contributed by atoms with Gasteiger partial charge in [-0.05, 0) is 61.9 Å². The van der Waals surface area contributed by atoms with Crippen molar-refractivity contribution >= 4 is 35.2 Å². The third-order valence-electron chi connectivity index (χ3n) is 3.87. The van der Waals surface area contributed by atoms with Crippen LogP contribution < -0.4 is 14.8 Å². The first kappa shape index (κ1) is 22.8. The minimum absolute atomic E-state index is 0.133. The second-order valence-corrected chi connectivity index (χ2v) is 6.30. The van der Waals surface area contributed by atoms with Crippen LogP contribution in [0.15, 0.2) is 42.0 Å².